The van der Waals surface area contributed by atoms with E-state index in [0.717, 1.165) is 16.2 Å². The van der Waals surface area contributed by atoms with Gasteiger partial charge in [0.1, 0.15) is 5.75 Å². The van der Waals surface area contributed by atoms with Crippen LogP contribution in [0.15, 0.2) is 23.1 Å². The molecule has 0 amide bonds. The molecule has 0 bridgehead atoms. The summed E-state index contributed by atoms with van der Waals surface area (Å²) in [5.74, 6) is 0.779. The molecule has 1 aliphatic rings. The topological polar surface area (TPSA) is 35.5 Å². The molecule has 1 aliphatic heterocycles. The summed E-state index contributed by atoms with van der Waals surface area (Å²) in [7, 11) is 0. The Morgan fingerprint density at radius 2 is 2.44 bits per heavy atom. The summed E-state index contributed by atoms with van der Waals surface area (Å²) >= 11 is 4.28. The minimum Gasteiger partial charge on any atom is -0.493 e. The van der Waals surface area contributed by atoms with Crippen molar-refractivity contribution in [2.45, 2.75) is 24.2 Å². The van der Waals surface area contributed by atoms with Gasteiger partial charge < -0.3 is 9.47 Å². The molecular formula is C12H14O3S. The van der Waals surface area contributed by atoms with Crippen molar-refractivity contribution < 1.29 is 14.3 Å². The lowest BCUT2D eigenvalue weighted by Crippen LogP contribution is -2.11. The Morgan fingerprint density at radius 3 is 3.19 bits per heavy atom. The lowest BCUT2D eigenvalue weighted by atomic mass is 9.98. The quantitative estimate of drug-likeness (QED) is 0.649. The van der Waals surface area contributed by atoms with Crippen LogP contribution in [0.4, 0.5) is 0 Å². The van der Waals surface area contributed by atoms with Crippen LogP contribution in [0.5, 0.6) is 5.75 Å². The number of thiol groups is 1. The number of hydrogen-bond acceptors (Lipinski definition) is 4. The maximum absolute atomic E-state index is 11.4. The standard InChI is InChI=1S/C12H14O3S/c1-2-14-12(13)5-8-7-15-11-4-3-9(16)6-10(8)11/h3-4,6,8,16H,2,5,7H2,1H3. The summed E-state index contributed by atoms with van der Waals surface area (Å²) in [6.07, 6.45) is 0.373. The van der Waals surface area contributed by atoms with Crippen molar-refractivity contribution in [1.82, 2.24) is 0 Å². The molecule has 1 unspecified atom stereocenters. The average molecular weight is 238 g/mol. The Kier molecular flexibility index (Phi) is 3.39. The van der Waals surface area contributed by atoms with E-state index in [4.69, 9.17) is 9.47 Å². The Morgan fingerprint density at radius 1 is 1.62 bits per heavy atom. The first-order valence-electron chi connectivity index (χ1n) is 5.32. The maximum Gasteiger partial charge on any atom is 0.306 e. The number of hydrogen-bond donors (Lipinski definition) is 1. The predicted molar refractivity (Wildman–Crippen MR) is 63.2 cm³/mol. The predicted octanol–water partition coefficient (Wildman–Crippen LogP) is 2.40. The van der Waals surface area contributed by atoms with Crippen molar-refractivity contribution in [2.75, 3.05) is 13.2 Å². The second kappa shape index (κ2) is 4.78. The smallest absolute Gasteiger partial charge is 0.306 e. The van der Waals surface area contributed by atoms with Gasteiger partial charge in [-0.2, -0.15) is 0 Å². The summed E-state index contributed by atoms with van der Waals surface area (Å²) < 4.78 is 10.4. The largest absolute Gasteiger partial charge is 0.493 e. The van der Waals surface area contributed by atoms with Crippen molar-refractivity contribution in [2.24, 2.45) is 0 Å². The first-order chi connectivity index (χ1) is 7.70. The van der Waals surface area contributed by atoms with E-state index in [1.54, 1.807) is 0 Å². The van der Waals surface area contributed by atoms with Gasteiger partial charge in [-0.15, -0.1) is 12.6 Å². The summed E-state index contributed by atoms with van der Waals surface area (Å²) in [5, 5.41) is 0. The van der Waals surface area contributed by atoms with E-state index in [2.05, 4.69) is 12.6 Å². The average Bonchev–Trinajstić information content (AvgIpc) is 2.61. The van der Waals surface area contributed by atoms with Gasteiger partial charge in [0.05, 0.1) is 19.6 Å². The number of carbonyl (C=O) groups excluding carboxylic acids is 1. The molecule has 0 fully saturated rings. The monoisotopic (exact) mass is 238 g/mol. The van der Waals surface area contributed by atoms with Crippen LogP contribution < -0.4 is 4.74 Å². The Balaban J connectivity index is 2.11. The van der Waals surface area contributed by atoms with Crippen LogP contribution in [-0.4, -0.2) is 19.2 Å². The summed E-state index contributed by atoms with van der Waals surface area (Å²) in [6.45, 7) is 2.78. The van der Waals surface area contributed by atoms with Gasteiger partial charge in [-0.25, -0.2) is 0 Å². The third-order valence-corrected chi connectivity index (χ3v) is 2.87. The molecule has 1 atom stereocenters. The number of carbonyl (C=O) groups is 1. The van der Waals surface area contributed by atoms with Crippen LogP contribution in [-0.2, 0) is 9.53 Å². The zero-order valence-electron chi connectivity index (χ0n) is 9.10. The first-order valence-corrected chi connectivity index (χ1v) is 5.76. The number of benzene rings is 1. The molecule has 0 radical (unpaired) electrons. The second-order valence-electron chi connectivity index (χ2n) is 3.74. The Labute approximate surface area is 100 Å². The fourth-order valence-electron chi connectivity index (χ4n) is 1.86. The van der Waals surface area contributed by atoms with Gasteiger partial charge in [0.2, 0.25) is 0 Å². The molecule has 86 valence electrons. The van der Waals surface area contributed by atoms with Crippen LogP contribution in [0.1, 0.15) is 24.8 Å². The van der Waals surface area contributed by atoms with Crippen molar-refractivity contribution in [1.29, 1.82) is 0 Å². The Hall–Kier alpha value is -1.16. The molecule has 16 heavy (non-hydrogen) atoms. The van der Waals surface area contributed by atoms with Gasteiger partial charge in [-0.1, -0.05) is 0 Å². The van der Waals surface area contributed by atoms with E-state index < -0.39 is 0 Å². The van der Waals surface area contributed by atoms with Crippen molar-refractivity contribution in [3.05, 3.63) is 23.8 Å². The SMILES string of the molecule is CCOC(=O)CC1COc2ccc(S)cc21. The second-order valence-corrected chi connectivity index (χ2v) is 4.26. The highest BCUT2D eigenvalue weighted by Crippen LogP contribution is 2.37. The van der Waals surface area contributed by atoms with Crippen LogP contribution in [0, 0.1) is 0 Å². The first kappa shape index (κ1) is 11.3. The fourth-order valence-corrected chi connectivity index (χ4v) is 2.07. The molecule has 4 heteroatoms. The third kappa shape index (κ3) is 2.32. The molecule has 2 rings (SSSR count). The van der Waals surface area contributed by atoms with Gasteiger partial charge in [-0.3, -0.25) is 4.79 Å². The van der Waals surface area contributed by atoms with E-state index in [1.165, 1.54) is 0 Å². The molecular weight excluding hydrogens is 224 g/mol. The normalized spacial score (nSPS) is 17.8. The highest BCUT2D eigenvalue weighted by molar-refractivity contribution is 7.80. The van der Waals surface area contributed by atoms with E-state index in [-0.39, 0.29) is 11.9 Å². The van der Waals surface area contributed by atoms with E-state index in [1.807, 2.05) is 25.1 Å². The van der Waals surface area contributed by atoms with Gasteiger partial charge in [-0.05, 0) is 25.1 Å². The van der Waals surface area contributed by atoms with Crippen LogP contribution in [0.2, 0.25) is 0 Å². The highest BCUT2D eigenvalue weighted by Gasteiger charge is 2.26. The molecule has 1 aromatic rings. The van der Waals surface area contributed by atoms with Crippen molar-refractivity contribution in [3.8, 4) is 5.75 Å². The van der Waals surface area contributed by atoms with Gasteiger partial charge in [0.15, 0.2) is 0 Å². The van der Waals surface area contributed by atoms with Gasteiger partial charge >= 0.3 is 5.97 Å². The van der Waals surface area contributed by atoms with Crippen molar-refractivity contribution in [3.63, 3.8) is 0 Å². The lowest BCUT2D eigenvalue weighted by molar-refractivity contribution is -0.143. The number of ether oxygens (including phenoxy) is 2. The van der Waals surface area contributed by atoms with Gasteiger partial charge in [0, 0.05) is 16.4 Å². The van der Waals surface area contributed by atoms with Crippen LogP contribution >= 0.6 is 12.6 Å². The summed E-state index contributed by atoms with van der Waals surface area (Å²) in [4.78, 5) is 12.3. The van der Waals surface area contributed by atoms with Crippen LogP contribution in [0.3, 0.4) is 0 Å². The summed E-state index contributed by atoms with van der Waals surface area (Å²) in [5.41, 5.74) is 1.06. The highest BCUT2D eigenvalue weighted by atomic mass is 32.1. The molecule has 0 spiro atoms. The van der Waals surface area contributed by atoms with Crippen molar-refractivity contribution >= 4 is 18.6 Å². The molecule has 1 heterocycles. The van der Waals surface area contributed by atoms with Crippen LogP contribution in [0.25, 0.3) is 0 Å². The van der Waals surface area contributed by atoms with E-state index in [9.17, 15) is 4.79 Å². The molecule has 0 N–H and O–H groups in total. The van der Waals surface area contributed by atoms with E-state index >= 15 is 0 Å². The summed E-state index contributed by atoms with van der Waals surface area (Å²) in [6, 6.07) is 5.73. The zero-order valence-corrected chi connectivity index (χ0v) is 10.00. The molecule has 0 aliphatic carbocycles. The third-order valence-electron chi connectivity index (χ3n) is 2.59. The van der Waals surface area contributed by atoms with E-state index in [0.29, 0.717) is 19.6 Å². The molecule has 1 aromatic carbocycles. The molecule has 0 aromatic heterocycles. The number of rotatable bonds is 3. The molecule has 0 saturated carbocycles. The maximum atomic E-state index is 11.4. The Bertz CT molecular complexity index is 403. The minimum absolute atomic E-state index is 0.0983. The molecule has 3 nitrogen and oxygen atoms in total. The zero-order chi connectivity index (χ0) is 11.5. The fraction of sp³-hybridized carbons (Fsp3) is 0.417. The minimum atomic E-state index is -0.173. The number of esters is 1. The lowest BCUT2D eigenvalue weighted by Gasteiger charge is -2.08. The molecule has 0 saturated heterocycles. The number of fused-ring (bicyclic) bond motifs is 1. The van der Waals surface area contributed by atoms with Gasteiger partial charge in [0.25, 0.3) is 0 Å².